The topological polar surface area (TPSA) is 52.6 Å². The fourth-order valence-electron chi connectivity index (χ4n) is 3.15. The molecular formula is C21H22O4. The molecule has 4 heteroatoms. The van der Waals surface area contributed by atoms with Gasteiger partial charge in [0.1, 0.15) is 23.9 Å². The van der Waals surface area contributed by atoms with Crippen molar-refractivity contribution in [3.8, 4) is 11.5 Å². The first-order chi connectivity index (χ1) is 11.9. The minimum atomic E-state index is -0.407. The summed E-state index contributed by atoms with van der Waals surface area (Å²) in [5.41, 5.74) is 0.541. The average molecular weight is 338 g/mol. The highest BCUT2D eigenvalue weighted by Crippen LogP contribution is 2.57. The number of hydrogen-bond donors (Lipinski definition) is 0. The van der Waals surface area contributed by atoms with E-state index in [1.165, 1.54) is 0 Å². The summed E-state index contributed by atoms with van der Waals surface area (Å²) >= 11 is 0. The number of aldehydes is 1. The second kappa shape index (κ2) is 6.71. The van der Waals surface area contributed by atoms with Crippen molar-refractivity contribution in [1.82, 2.24) is 0 Å². The highest BCUT2D eigenvalue weighted by atomic mass is 16.5. The Morgan fingerprint density at radius 1 is 1.08 bits per heavy atom. The van der Waals surface area contributed by atoms with Crippen LogP contribution in [0.2, 0.25) is 0 Å². The summed E-state index contributed by atoms with van der Waals surface area (Å²) in [7, 11) is 0. The van der Waals surface area contributed by atoms with E-state index in [1.807, 2.05) is 75.4 Å². The number of ether oxygens (including phenoxy) is 2. The molecule has 1 aliphatic rings. The first-order valence-electron chi connectivity index (χ1n) is 8.42. The Kier molecular flexibility index (Phi) is 4.62. The molecule has 0 amide bonds. The molecule has 3 atom stereocenters. The summed E-state index contributed by atoms with van der Waals surface area (Å²) in [5, 5.41) is 0. The Morgan fingerprint density at radius 3 is 2.40 bits per heavy atom. The largest absolute Gasteiger partial charge is 0.458 e. The molecule has 0 saturated heterocycles. The van der Waals surface area contributed by atoms with E-state index in [1.54, 1.807) is 0 Å². The molecule has 0 aromatic heterocycles. The van der Waals surface area contributed by atoms with Crippen LogP contribution in [0.5, 0.6) is 11.5 Å². The molecule has 0 heterocycles. The quantitative estimate of drug-likeness (QED) is 0.572. The highest BCUT2D eigenvalue weighted by molar-refractivity contribution is 5.84. The molecule has 1 saturated carbocycles. The fraction of sp³-hybridized carbons (Fsp3) is 0.333. The molecule has 4 nitrogen and oxygen atoms in total. The van der Waals surface area contributed by atoms with Crippen LogP contribution < -0.4 is 4.74 Å². The van der Waals surface area contributed by atoms with Gasteiger partial charge in [0.15, 0.2) is 0 Å². The number of benzene rings is 2. The Hall–Kier alpha value is -2.62. The molecule has 1 aliphatic carbocycles. The van der Waals surface area contributed by atoms with Gasteiger partial charge in [-0.2, -0.15) is 0 Å². The maximum Gasteiger partial charge on any atom is 0.310 e. The van der Waals surface area contributed by atoms with Gasteiger partial charge in [0.2, 0.25) is 0 Å². The second-order valence-corrected chi connectivity index (χ2v) is 7.03. The summed E-state index contributed by atoms with van der Waals surface area (Å²) < 4.78 is 11.4. The molecular weight excluding hydrogens is 316 g/mol. The van der Waals surface area contributed by atoms with Crippen molar-refractivity contribution in [3.63, 3.8) is 0 Å². The third-order valence-electron chi connectivity index (χ3n) is 4.91. The van der Waals surface area contributed by atoms with Crippen molar-refractivity contribution >= 4 is 12.3 Å². The molecule has 0 aliphatic heterocycles. The average Bonchev–Trinajstić information content (AvgIpc) is 3.17. The predicted octanol–water partition coefficient (Wildman–Crippen LogP) is 4.55. The molecule has 2 aromatic rings. The molecule has 2 aromatic carbocycles. The van der Waals surface area contributed by atoms with Crippen LogP contribution in [0.25, 0.3) is 0 Å². The van der Waals surface area contributed by atoms with Crippen LogP contribution in [0.4, 0.5) is 0 Å². The summed E-state index contributed by atoms with van der Waals surface area (Å²) in [6.07, 6.45) is 0.445. The normalized spacial score (nSPS) is 21.9. The molecule has 3 unspecified atom stereocenters. The van der Waals surface area contributed by atoms with Crippen LogP contribution in [-0.4, -0.2) is 12.3 Å². The second-order valence-electron chi connectivity index (χ2n) is 7.03. The van der Waals surface area contributed by atoms with Gasteiger partial charge < -0.3 is 14.3 Å². The van der Waals surface area contributed by atoms with Gasteiger partial charge in [-0.25, -0.2) is 0 Å². The van der Waals surface area contributed by atoms with Crippen molar-refractivity contribution in [2.75, 3.05) is 0 Å². The van der Waals surface area contributed by atoms with E-state index in [0.717, 1.165) is 17.6 Å². The minimum Gasteiger partial charge on any atom is -0.458 e. The number of carbonyl (C=O) groups excluding carboxylic acids is 2. The molecule has 0 radical (unpaired) electrons. The van der Waals surface area contributed by atoms with E-state index in [-0.39, 0.29) is 23.2 Å². The van der Waals surface area contributed by atoms with Crippen LogP contribution in [0.15, 0.2) is 54.6 Å². The third kappa shape index (κ3) is 3.58. The number of esters is 1. The summed E-state index contributed by atoms with van der Waals surface area (Å²) in [5.74, 6) is 0.516. The smallest absolute Gasteiger partial charge is 0.310 e. The van der Waals surface area contributed by atoms with E-state index in [9.17, 15) is 9.59 Å². The van der Waals surface area contributed by atoms with Crippen molar-refractivity contribution in [1.29, 1.82) is 0 Å². The van der Waals surface area contributed by atoms with Gasteiger partial charge in [-0.05, 0) is 42.2 Å². The Morgan fingerprint density at radius 2 is 1.76 bits per heavy atom. The lowest BCUT2D eigenvalue weighted by atomic mass is 10.1. The zero-order valence-electron chi connectivity index (χ0n) is 14.6. The lowest BCUT2D eigenvalue weighted by molar-refractivity contribution is -0.151. The van der Waals surface area contributed by atoms with Crippen LogP contribution in [0.1, 0.15) is 32.4 Å². The summed E-state index contributed by atoms with van der Waals surface area (Å²) in [6.45, 7) is 5.65. The first-order valence-corrected chi connectivity index (χ1v) is 8.42. The van der Waals surface area contributed by atoms with Crippen molar-refractivity contribution in [3.05, 3.63) is 60.2 Å². The Balaban J connectivity index is 1.66. The summed E-state index contributed by atoms with van der Waals surface area (Å²) in [4.78, 5) is 23.4. The standard InChI is InChI=1S/C21H22O4/c1-14(24-20(23)19-18(13-22)21(19,2)3)15-8-7-11-17(12-15)25-16-9-5-4-6-10-16/h4-14,18-19H,1-3H3. The fourth-order valence-corrected chi connectivity index (χ4v) is 3.15. The van der Waals surface area contributed by atoms with Gasteiger partial charge in [0.25, 0.3) is 0 Å². The third-order valence-corrected chi connectivity index (χ3v) is 4.91. The monoisotopic (exact) mass is 338 g/mol. The van der Waals surface area contributed by atoms with Crippen LogP contribution in [-0.2, 0) is 14.3 Å². The van der Waals surface area contributed by atoms with Gasteiger partial charge in [-0.3, -0.25) is 4.79 Å². The van der Waals surface area contributed by atoms with Gasteiger partial charge in [0.05, 0.1) is 5.92 Å². The lowest BCUT2D eigenvalue weighted by Gasteiger charge is -2.15. The van der Waals surface area contributed by atoms with Crippen molar-refractivity contribution < 1.29 is 19.1 Å². The van der Waals surface area contributed by atoms with Gasteiger partial charge in [-0.15, -0.1) is 0 Å². The van der Waals surface area contributed by atoms with Crippen LogP contribution in [0.3, 0.4) is 0 Å². The van der Waals surface area contributed by atoms with Gasteiger partial charge in [0, 0.05) is 5.92 Å². The van der Waals surface area contributed by atoms with Crippen molar-refractivity contribution in [2.45, 2.75) is 26.9 Å². The van der Waals surface area contributed by atoms with E-state index in [2.05, 4.69) is 0 Å². The highest BCUT2D eigenvalue weighted by Gasteiger charge is 2.63. The van der Waals surface area contributed by atoms with E-state index in [0.29, 0.717) is 5.75 Å². The Bertz CT molecular complexity index is 766. The maximum atomic E-state index is 12.3. The van der Waals surface area contributed by atoms with E-state index in [4.69, 9.17) is 9.47 Å². The molecule has 0 N–H and O–H groups in total. The lowest BCUT2D eigenvalue weighted by Crippen LogP contribution is -2.13. The van der Waals surface area contributed by atoms with Crippen LogP contribution >= 0.6 is 0 Å². The first kappa shape index (κ1) is 17.2. The molecule has 3 rings (SSSR count). The molecule has 1 fully saturated rings. The number of carbonyl (C=O) groups is 2. The van der Waals surface area contributed by atoms with Crippen LogP contribution in [0, 0.1) is 17.3 Å². The molecule has 0 spiro atoms. The minimum absolute atomic E-state index is 0.250. The Labute approximate surface area is 147 Å². The van der Waals surface area contributed by atoms with Crippen molar-refractivity contribution in [2.24, 2.45) is 17.3 Å². The molecule has 130 valence electrons. The van der Waals surface area contributed by atoms with E-state index < -0.39 is 6.10 Å². The molecule has 0 bridgehead atoms. The SMILES string of the molecule is CC(OC(=O)C1C(C=O)C1(C)C)c1cccc(Oc2ccccc2)c1. The number of rotatable bonds is 6. The number of para-hydroxylation sites is 1. The van der Waals surface area contributed by atoms with E-state index >= 15 is 0 Å². The zero-order valence-corrected chi connectivity index (χ0v) is 14.6. The van der Waals surface area contributed by atoms with Gasteiger partial charge >= 0.3 is 5.97 Å². The number of hydrogen-bond acceptors (Lipinski definition) is 4. The zero-order chi connectivity index (χ0) is 18.0. The predicted molar refractivity (Wildman–Crippen MR) is 94.3 cm³/mol. The molecule has 25 heavy (non-hydrogen) atoms. The van der Waals surface area contributed by atoms with Gasteiger partial charge in [-0.1, -0.05) is 44.2 Å². The maximum absolute atomic E-state index is 12.3. The summed E-state index contributed by atoms with van der Waals surface area (Å²) in [6, 6.07) is 17.0.